The van der Waals surface area contributed by atoms with Crippen LogP contribution in [0.25, 0.3) is 0 Å². The summed E-state index contributed by atoms with van der Waals surface area (Å²) in [5, 5.41) is 8.02. The van der Waals surface area contributed by atoms with E-state index in [0.717, 1.165) is 22.6 Å². The molecule has 0 saturated heterocycles. The SMILES string of the molecule is Cc1noc(C)c1Cn1cc(NS(=O)(=O)c2cc(Cl)sc2Cl)cn1. The number of anilines is 1. The molecule has 128 valence electrons. The molecule has 0 aliphatic rings. The number of rotatable bonds is 5. The maximum Gasteiger partial charge on any atom is 0.264 e. The van der Waals surface area contributed by atoms with Crippen molar-refractivity contribution in [3.8, 4) is 0 Å². The molecule has 0 atom stereocenters. The largest absolute Gasteiger partial charge is 0.361 e. The Morgan fingerprint density at radius 2 is 2.12 bits per heavy atom. The Balaban J connectivity index is 1.80. The van der Waals surface area contributed by atoms with Gasteiger partial charge < -0.3 is 4.52 Å². The molecule has 11 heteroatoms. The van der Waals surface area contributed by atoms with Crippen molar-refractivity contribution in [1.29, 1.82) is 0 Å². The van der Waals surface area contributed by atoms with Crippen LogP contribution in [0.5, 0.6) is 0 Å². The first kappa shape index (κ1) is 17.3. The minimum atomic E-state index is -3.83. The van der Waals surface area contributed by atoms with Crippen LogP contribution in [0, 0.1) is 13.8 Å². The van der Waals surface area contributed by atoms with Crippen LogP contribution >= 0.6 is 34.5 Å². The monoisotopic (exact) mass is 406 g/mol. The van der Waals surface area contributed by atoms with Crippen molar-refractivity contribution >= 4 is 50.2 Å². The van der Waals surface area contributed by atoms with Gasteiger partial charge in [0.1, 0.15) is 15.0 Å². The summed E-state index contributed by atoms with van der Waals surface area (Å²) in [6, 6.07) is 1.31. The summed E-state index contributed by atoms with van der Waals surface area (Å²) in [6.45, 7) is 4.07. The summed E-state index contributed by atoms with van der Waals surface area (Å²) < 4.78 is 34.2. The van der Waals surface area contributed by atoms with Gasteiger partial charge in [0.05, 0.1) is 28.5 Å². The molecule has 0 saturated carbocycles. The molecule has 0 amide bonds. The molecule has 1 N–H and O–H groups in total. The van der Waals surface area contributed by atoms with E-state index in [1.807, 2.05) is 13.8 Å². The summed E-state index contributed by atoms with van der Waals surface area (Å²) in [4.78, 5) is -0.0577. The van der Waals surface area contributed by atoms with E-state index in [1.54, 1.807) is 10.9 Å². The molecule has 0 bridgehead atoms. The molecule has 3 rings (SSSR count). The Morgan fingerprint density at radius 1 is 1.38 bits per heavy atom. The van der Waals surface area contributed by atoms with Crippen LogP contribution < -0.4 is 4.72 Å². The number of hydrogen-bond acceptors (Lipinski definition) is 6. The number of sulfonamides is 1. The summed E-state index contributed by atoms with van der Waals surface area (Å²) >= 11 is 12.7. The van der Waals surface area contributed by atoms with E-state index in [2.05, 4.69) is 15.0 Å². The van der Waals surface area contributed by atoms with Crippen LogP contribution in [0.1, 0.15) is 17.0 Å². The molecular formula is C13H12Cl2N4O3S2. The van der Waals surface area contributed by atoms with Gasteiger partial charge in [-0.25, -0.2) is 8.42 Å². The molecule has 7 nitrogen and oxygen atoms in total. The topological polar surface area (TPSA) is 90.0 Å². The molecular weight excluding hydrogens is 395 g/mol. The molecule has 3 aromatic rings. The zero-order valence-corrected chi connectivity index (χ0v) is 15.7. The van der Waals surface area contributed by atoms with Crippen molar-refractivity contribution in [2.45, 2.75) is 25.3 Å². The minimum absolute atomic E-state index is 0.0577. The van der Waals surface area contributed by atoms with Gasteiger partial charge in [0, 0.05) is 11.8 Å². The van der Waals surface area contributed by atoms with Gasteiger partial charge in [-0.1, -0.05) is 28.4 Å². The summed E-state index contributed by atoms with van der Waals surface area (Å²) in [5.41, 5.74) is 1.99. The lowest BCUT2D eigenvalue weighted by Gasteiger charge is -2.04. The minimum Gasteiger partial charge on any atom is -0.361 e. The zero-order chi connectivity index (χ0) is 17.5. The molecule has 0 radical (unpaired) electrons. The quantitative estimate of drug-likeness (QED) is 0.697. The Labute approximate surface area is 152 Å². The van der Waals surface area contributed by atoms with Gasteiger partial charge in [0.25, 0.3) is 10.0 Å². The first-order valence-corrected chi connectivity index (χ1v) is 9.73. The Morgan fingerprint density at radius 3 is 2.71 bits per heavy atom. The highest BCUT2D eigenvalue weighted by molar-refractivity contribution is 7.93. The van der Waals surface area contributed by atoms with Crippen LogP contribution in [0.2, 0.25) is 8.67 Å². The molecule has 24 heavy (non-hydrogen) atoms. The summed E-state index contributed by atoms with van der Waals surface area (Å²) in [6.07, 6.45) is 2.99. The summed E-state index contributed by atoms with van der Waals surface area (Å²) in [5.74, 6) is 0.699. The van der Waals surface area contributed by atoms with Crippen LogP contribution in [0.4, 0.5) is 5.69 Å². The van der Waals surface area contributed by atoms with E-state index < -0.39 is 10.0 Å². The third-order valence-electron chi connectivity index (χ3n) is 3.30. The van der Waals surface area contributed by atoms with Crippen molar-refractivity contribution in [2.75, 3.05) is 4.72 Å². The maximum atomic E-state index is 12.4. The van der Waals surface area contributed by atoms with Crippen LogP contribution in [-0.2, 0) is 16.6 Å². The van der Waals surface area contributed by atoms with Gasteiger partial charge in [0.15, 0.2) is 0 Å². The Bertz CT molecular complexity index is 971. The second-order valence-electron chi connectivity index (χ2n) is 5.02. The van der Waals surface area contributed by atoms with E-state index >= 15 is 0 Å². The average Bonchev–Trinajstić information content (AvgIpc) is 3.15. The normalized spacial score (nSPS) is 11.8. The fraction of sp³-hybridized carbons (Fsp3) is 0.231. The van der Waals surface area contributed by atoms with Crippen LogP contribution in [0.15, 0.2) is 27.9 Å². The van der Waals surface area contributed by atoms with E-state index in [-0.39, 0.29) is 9.23 Å². The molecule has 3 aromatic heterocycles. The fourth-order valence-corrected chi connectivity index (χ4v) is 5.29. The smallest absolute Gasteiger partial charge is 0.264 e. The highest BCUT2D eigenvalue weighted by atomic mass is 35.5. The second-order valence-corrected chi connectivity index (χ2v) is 8.96. The predicted molar refractivity (Wildman–Crippen MR) is 92.5 cm³/mol. The molecule has 3 heterocycles. The number of nitrogens with one attached hydrogen (secondary N) is 1. The van der Waals surface area contributed by atoms with Crippen molar-refractivity contribution in [2.24, 2.45) is 0 Å². The number of aryl methyl sites for hydroxylation is 2. The van der Waals surface area contributed by atoms with E-state index in [1.165, 1.54) is 12.3 Å². The van der Waals surface area contributed by atoms with E-state index in [0.29, 0.717) is 22.3 Å². The summed E-state index contributed by atoms with van der Waals surface area (Å²) in [7, 11) is -3.83. The highest BCUT2D eigenvalue weighted by Gasteiger charge is 2.22. The standard InChI is InChI=1S/C13H12Cl2N4O3S2/c1-7-10(8(2)22-17-7)6-19-5-9(4-16-19)18-24(20,21)11-3-12(14)23-13(11)15/h3-5,18H,6H2,1-2H3. The molecule has 0 aliphatic heterocycles. The van der Waals surface area contributed by atoms with Gasteiger partial charge in [-0.3, -0.25) is 9.40 Å². The van der Waals surface area contributed by atoms with Crippen molar-refractivity contribution in [1.82, 2.24) is 14.9 Å². The van der Waals surface area contributed by atoms with Gasteiger partial charge >= 0.3 is 0 Å². The van der Waals surface area contributed by atoms with Gasteiger partial charge in [-0.2, -0.15) is 5.10 Å². The highest BCUT2D eigenvalue weighted by Crippen LogP contribution is 2.35. The molecule has 0 aromatic carbocycles. The van der Waals surface area contributed by atoms with E-state index in [9.17, 15) is 8.42 Å². The maximum absolute atomic E-state index is 12.4. The first-order valence-electron chi connectivity index (χ1n) is 6.68. The van der Waals surface area contributed by atoms with Crippen molar-refractivity contribution in [3.63, 3.8) is 0 Å². The van der Waals surface area contributed by atoms with Gasteiger partial charge in [-0.05, 0) is 19.9 Å². The third-order valence-corrected chi connectivity index (χ3v) is 6.44. The van der Waals surface area contributed by atoms with E-state index in [4.69, 9.17) is 27.7 Å². The number of aromatic nitrogens is 3. The molecule has 0 spiro atoms. The predicted octanol–water partition coefficient (Wildman–Crippen LogP) is 3.71. The Hall–Kier alpha value is -1.55. The number of thiophene rings is 1. The zero-order valence-electron chi connectivity index (χ0n) is 12.6. The molecule has 0 aliphatic carbocycles. The number of halogens is 2. The van der Waals surface area contributed by atoms with Gasteiger partial charge in [-0.15, -0.1) is 11.3 Å². The van der Waals surface area contributed by atoms with Crippen molar-refractivity contribution in [3.05, 3.63) is 44.2 Å². The number of hydrogen-bond donors (Lipinski definition) is 1. The molecule has 0 unspecified atom stereocenters. The average molecular weight is 407 g/mol. The number of nitrogens with zero attached hydrogens (tertiary/aromatic N) is 3. The first-order chi connectivity index (χ1) is 11.3. The third kappa shape index (κ3) is 3.44. The molecule has 0 fully saturated rings. The Kier molecular flexibility index (Phi) is 4.60. The lowest BCUT2D eigenvalue weighted by molar-refractivity contribution is 0.391. The van der Waals surface area contributed by atoms with Crippen molar-refractivity contribution < 1.29 is 12.9 Å². The lowest BCUT2D eigenvalue weighted by Crippen LogP contribution is -2.12. The second kappa shape index (κ2) is 6.40. The van der Waals surface area contributed by atoms with Crippen LogP contribution in [0.3, 0.4) is 0 Å². The lowest BCUT2D eigenvalue weighted by atomic mass is 10.2. The van der Waals surface area contributed by atoms with Gasteiger partial charge in [0.2, 0.25) is 0 Å². The fourth-order valence-electron chi connectivity index (χ4n) is 2.11. The van der Waals surface area contributed by atoms with Crippen LogP contribution in [-0.4, -0.2) is 23.4 Å².